The van der Waals surface area contributed by atoms with Crippen molar-refractivity contribution < 1.29 is 17.6 Å². The zero-order valence-electron chi connectivity index (χ0n) is 15.6. The van der Waals surface area contributed by atoms with E-state index in [1.54, 1.807) is 36.4 Å². The van der Waals surface area contributed by atoms with E-state index in [0.717, 1.165) is 30.6 Å². The Morgan fingerprint density at radius 2 is 1.86 bits per heavy atom. The molecule has 1 saturated heterocycles. The lowest BCUT2D eigenvalue weighted by Gasteiger charge is -2.25. The largest absolute Gasteiger partial charge is 0.422 e. The van der Waals surface area contributed by atoms with Gasteiger partial charge in [0.25, 0.3) is 15.9 Å². The minimum absolute atomic E-state index is 0.0820. The number of hydrogen-bond donors (Lipinski definition) is 1. The molecule has 1 N–H and O–H groups in total. The Kier molecular flexibility index (Phi) is 5.53. The van der Waals surface area contributed by atoms with Gasteiger partial charge in [0.1, 0.15) is 15.4 Å². The molecule has 152 valence electrons. The number of rotatable bonds is 5. The van der Waals surface area contributed by atoms with E-state index < -0.39 is 21.6 Å². The molecule has 0 bridgehead atoms. The Morgan fingerprint density at radius 3 is 2.66 bits per heavy atom. The molecule has 0 atom stereocenters. The van der Waals surface area contributed by atoms with Crippen molar-refractivity contribution in [3.8, 4) is 0 Å². The molecule has 7 nitrogen and oxygen atoms in total. The van der Waals surface area contributed by atoms with Crippen molar-refractivity contribution in [3.63, 3.8) is 0 Å². The first-order valence-corrected chi connectivity index (χ1v) is 11.6. The van der Waals surface area contributed by atoms with Crippen LogP contribution in [0.4, 0.5) is 0 Å². The van der Waals surface area contributed by atoms with Gasteiger partial charge in [-0.25, -0.2) is 13.2 Å². The Balaban J connectivity index is 1.47. The summed E-state index contributed by atoms with van der Waals surface area (Å²) in [6, 6.07) is 11.7. The third-order valence-corrected chi connectivity index (χ3v) is 8.31. The van der Waals surface area contributed by atoms with Crippen molar-refractivity contribution in [1.82, 2.24) is 9.62 Å². The van der Waals surface area contributed by atoms with Crippen LogP contribution in [-0.4, -0.2) is 31.7 Å². The summed E-state index contributed by atoms with van der Waals surface area (Å²) in [5.41, 5.74) is -0.373. The summed E-state index contributed by atoms with van der Waals surface area (Å²) >= 11 is 1.13. The highest BCUT2D eigenvalue weighted by molar-refractivity contribution is 7.91. The van der Waals surface area contributed by atoms with Crippen molar-refractivity contribution >= 4 is 38.2 Å². The second-order valence-electron chi connectivity index (χ2n) is 6.85. The van der Waals surface area contributed by atoms with Crippen molar-refractivity contribution in [2.24, 2.45) is 0 Å². The minimum Gasteiger partial charge on any atom is -0.422 e. The molecule has 1 fully saturated rings. The van der Waals surface area contributed by atoms with E-state index in [4.69, 9.17) is 4.42 Å². The van der Waals surface area contributed by atoms with Gasteiger partial charge in [-0.2, -0.15) is 4.31 Å². The molecule has 29 heavy (non-hydrogen) atoms. The van der Waals surface area contributed by atoms with Gasteiger partial charge >= 0.3 is 5.63 Å². The summed E-state index contributed by atoms with van der Waals surface area (Å²) in [5.74, 6) is -0.557. The fourth-order valence-corrected chi connectivity index (χ4v) is 6.27. The van der Waals surface area contributed by atoms with Crippen molar-refractivity contribution in [1.29, 1.82) is 0 Å². The average molecular weight is 433 g/mol. The predicted molar refractivity (Wildman–Crippen MR) is 111 cm³/mol. The first-order valence-electron chi connectivity index (χ1n) is 9.35. The number of carbonyl (C=O) groups is 1. The van der Waals surface area contributed by atoms with Gasteiger partial charge in [0.2, 0.25) is 0 Å². The molecular formula is C20H20N2O5S2. The van der Waals surface area contributed by atoms with E-state index >= 15 is 0 Å². The van der Waals surface area contributed by atoms with E-state index in [2.05, 4.69) is 5.32 Å². The molecule has 0 saturated carbocycles. The number of fused-ring (bicyclic) bond motifs is 1. The highest BCUT2D eigenvalue weighted by Crippen LogP contribution is 2.27. The SMILES string of the molecule is O=C(NCc1ccc(S(=O)(=O)N2CCCCC2)s1)c1cc2ccccc2oc1=O. The number of hydrogen-bond acceptors (Lipinski definition) is 6. The normalized spacial score (nSPS) is 15.4. The zero-order chi connectivity index (χ0) is 20.4. The quantitative estimate of drug-likeness (QED) is 0.625. The number of carbonyl (C=O) groups excluding carboxylic acids is 1. The van der Waals surface area contributed by atoms with Gasteiger partial charge in [0, 0.05) is 23.4 Å². The molecule has 0 unspecified atom stereocenters. The molecule has 4 rings (SSSR count). The molecule has 0 spiro atoms. The van der Waals surface area contributed by atoms with Crippen LogP contribution in [0.5, 0.6) is 0 Å². The molecule has 3 heterocycles. The highest BCUT2D eigenvalue weighted by atomic mass is 32.2. The molecule has 1 amide bonds. The van der Waals surface area contributed by atoms with Crippen molar-refractivity contribution in [2.45, 2.75) is 30.0 Å². The van der Waals surface area contributed by atoms with Crippen molar-refractivity contribution in [3.05, 3.63) is 63.3 Å². The molecule has 1 aliphatic rings. The van der Waals surface area contributed by atoms with Gasteiger partial charge in [-0.1, -0.05) is 24.6 Å². The summed E-state index contributed by atoms with van der Waals surface area (Å²) in [6.45, 7) is 1.22. The van der Waals surface area contributed by atoms with E-state index in [0.29, 0.717) is 28.9 Å². The second kappa shape index (κ2) is 8.10. The standard InChI is InChI=1S/C20H20N2O5S2/c23-19(16-12-14-6-2-3-7-17(14)27-20(16)24)21-13-15-8-9-18(28-15)29(25,26)22-10-4-1-5-11-22/h2-3,6-9,12H,1,4-5,10-11,13H2,(H,21,23). The molecule has 0 aliphatic carbocycles. The average Bonchev–Trinajstić information content (AvgIpc) is 3.22. The fraction of sp³-hybridized carbons (Fsp3) is 0.300. The molecule has 9 heteroatoms. The van der Waals surface area contributed by atoms with E-state index in [1.165, 1.54) is 10.4 Å². The molecule has 0 radical (unpaired) electrons. The number of nitrogens with one attached hydrogen (secondary N) is 1. The number of para-hydroxylation sites is 1. The number of benzene rings is 1. The van der Waals surface area contributed by atoms with Gasteiger partial charge in [0.15, 0.2) is 0 Å². The third-order valence-electron chi connectivity index (χ3n) is 4.86. The van der Waals surface area contributed by atoms with E-state index in [9.17, 15) is 18.0 Å². The summed E-state index contributed by atoms with van der Waals surface area (Å²) in [6.07, 6.45) is 2.81. The van der Waals surface area contributed by atoms with Crippen LogP contribution < -0.4 is 10.9 Å². The predicted octanol–water partition coefficient (Wildman–Crippen LogP) is 2.96. The summed E-state index contributed by atoms with van der Waals surface area (Å²) in [5, 5.41) is 3.32. The van der Waals surface area contributed by atoms with E-state index in [1.807, 2.05) is 0 Å². The Bertz CT molecular complexity index is 1210. The fourth-order valence-electron chi connectivity index (χ4n) is 3.31. The molecule has 2 aromatic heterocycles. The number of thiophene rings is 1. The first-order chi connectivity index (χ1) is 13.9. The van der Waals surface area contributed by atoms with Crippen LogP contribution in [0.1, 0.15) is 34.5 Å². The highest BCUT2D eigenvalue weighted by Gasteiger charge is 2.27. The maximum Gasteiger partial charge on any atom is 0.349 e. The number of nitrogens with zero attached hydrogens (tertiary/aromatic N) is 1. The van der Waals surface area contributed by atoms with Crippen LogP contribution in [0.2, 0.25) is 0 Å². The van der Waals surface area contributed by atoms with Crippen LogP contribution in [0.25, 0.3) is 11.0 Å². The minimum atomic E-state index is -3.49. The van der Waals surface area contributed by atoms with Crippen LogP contribution >= 0.6 is 11.3 Å². The molecule has 1 aromatic carbocycles. The van der Waals surface area contributed by atoms with Crippen LogP contribution in [0.3, 0.4) is 0 Å². The molecule has 1 aliphatic heterocycles. The Hall–Kier alpha value is -2.49. The third kappa shape index (κ3) is 4.12. The zero-order valence-corrected chi connectivity index (χ0v) is 17.2. The Morgan fingerprint density at radius 1 is 1.10 bits per heavy atom. The van der Waals surface area contributed by atoms with E-state index in [-0.39, 0.29) is 16.3 Å². The van der Waals surface area contributed by atoms with Gasteiger partial charge in [-0.15, -0.1) is 11.3 Å². The van der Waals surface area contributed by atoms with Gasteiger partial charge in [-0.3, -0.25) is 4.79 Å². The lowest BCUT2D eigenvalue weighted by Crippen LogP contribution is -2.35. The Labute approximate surface area is 172 Å². The monoisotopic (exact) mass is 432 g/mol. The maximum absolute atomic E-state index is 12.7. The van der Waals surface area contributed by atoms with Gasteiger partial charge in [-0.05, 0) is 37.1 Å². The van der Waals surface area contributed by atoms with Crippen LogP contribution in [-0.2, 0) is 16.6 Å². The number of piperidine rings is 1. The first kappa shape index (κ1) is 19.8. The molecule has 3 aromatic rings. The number of amides is 1. The summed E-state index contributed by atoms with van der Waals surface area (Å²) in [4.78, 5) is 25.2. The smallest absolute Gasteiger partial charge is 0.349 e. The lowest BCUT2D eigenvalue weighted by molar-refractivity contribution is 0.0948. The van der Waals surface area contributed by atoms with Crippen molar-refractivity contribution in [2.75, 3.05) is 13.1 Å². The number of sulfonamides is 1. The van der Waals surface area contributed by atoms with Crippen LogP contribution in [0, 0.1) is 0 Å². The van der Waals surface area contributed by atoms with Gasteiger partial charge < -0.3 is 9.73 Å². The summed E-state index contributed by atoms with van der Waals surface area (Å²) < 4.78 is 32.4. The maximum atomic E-state index is 12.7. The lowest BCUT2D eigenvalue weighted by atomic mass is 10.2. The summed E-state index contributed by atoms with van der Waals surface area (Å²) in [7, 11) is -3.49. The topological polar surface area (TPSA) is 96.7 Å². The van der Waals surface area contributed by atoms with Crippen LogP contribution in [0.15, 0.2) is 55.9 Å². The van der Waals surface area contributed by atoms with Gasteiger partial charge in [0.05, 0.1) is 6.54 Å². The molecular weight excluding hydrogens is 412 g/mol. The second-order valence-corrected chi connectivity index (χ2v) is 10.2.